The number of esters is 1. The minimum atomic E-state index is -0.447. The Bertz CT molecular complexity index is 1000. The Balaban J connectivity index is 1.93. The fraction of sp³-hybridized carbons (Fsp3) is 0.261. The summed E-state index contributed by atoms with van der Waals surface area (Å²) in [6, 6.07) is 13.6. The molecule has 1 aromatic heterocycles. The Hall–Kier alpha value is -3.41. The number of aryl methyl sites for hydroxylation is 1. The number of aromatic nitrogens is 2. The zero-order chi connectivity index (χ0) is 20.8. The van der Waals surface area contributed by atoms with Crippen molar-refractivity contribution in [3.05, 3.63) is 70.9 Å². The van der Waals surface area contributed by atoms with Gasteiger partial charge in [0.1, 0.15) is 17.1 Å². The van der Waals surface area contributed by atoms with Gasteiger partial charge in [0.05, 0.1) is 13.7 Å². The van der Waals surface area contributed by atoms with Crippen molar-refractivity contribution in [2.24, 2.45) is 0 Å². The van der Waals surface area contributed by atoms with E-state index in [1.165, 1.54) is 17.3 Å². The fourth-order valence-corrected chi connectivity index (χ4v) is 2.94. The molecule has 6 nitrogen and oxygen atoms in total. The lowest BCUT2D eigenvalue weighted by atomic mass is 10.0. The van der Waals surface area contributed by atoms with E-state index in [-0.39, 0.29) is 6.61 Å². The molecule has 0 amide bonds. The monoisotopic (exact) mass is 391 g/mol. The van der Waals surface area contributed by atoms with E-state index in [0.717, 1.165) is 16.9 Å². The van der Waals surface area contributed by atoms with Crippen LogP contribution in [0.5, 0.6) is 5.75 Å². The number of carbonyl (C=O) groups is 1. The van der Waals surface area contributed by atoms with E-state index in [2.05, 4.69) is 41.3 Å². The first-order valence-electron chi connectivity index (χ1n) is 9.51. The van der Waals surface area contributed by atoms with Gasteiger partial charge in [0.25, 0.3) is 0 Å². The number of nitrogens with zero attached hydrogens (tertiary/aromatic N) is 2. The van der Waals surface area contributed by atoms with Gasteiger partial charge in [-0.25, -0.2) is 14.8 Å². The highest BCUT2D eigenvalue weighted by molar-refractivity contribution is 5.94. The predicted octanol–water partition coefficient (Wildman–Crippen LogP) is 4.56. The van der Waals surface area contributed by atoms with Crippen LogP contribution in [0.2, 0.25) is 0 Å². The molecule has 3 aromatic rings. The Labute approximate surface area is 170 Å². The molecule has 2 aromatic carbocycles. The Morgan fingerprint density at radius 3 is 2.55 bits per heavy atom. The molecule has 29 heavy (non-hydrogen) atoms. The van der Waals surface area contributed by atoms with E-state index >= 15 is 0 Å². The smallest absolute Gasteiger partial charge is 0.343 e. The van der Waals surface area contributed by atoms with E-state index in [1.54, 1.807) is 14.0 Å². The fourth-order valence-electron chi connectivity index (χ4n) is 2.94. The number of hydrogen-bond donors (Lipinski definition) is 1. The third kappa shape index (κ3) is 4.71. The normalized spacial score (nSPS) is 10.5. The third-order valence-electron chi connectivity index (χ3n) is 4.80. The molecule has 0 spiro atoms. The van der Waals surface area contributed by atoms with Gasteiger partial charge in [-0.15, -0.1) is 0 Å². The van der Waals surface area contributed by atoms with Gasteiger partial charge < -0.3 is 14.8 Å². The van der Waals surface area contributed by atoms with Crippen molar-refractivity contribution in [3.63, 3.8) is 0 Å². The van der Waals surface area contributed by atoms with Crippen LogP contribution in [0, 0.1) is 13.8 Å². The molecule has 0 unspecified atom stereocenters. The van der Waals surface area contributed by atoms with Crippen molar-refractivity contribution in [2.45, 2.75) is 27.3 Å². The summed E-state index contributed by atoms with van der Waals surface area (Å²) in [5, 5.41) is 3.29. The average Bonchev–Trinajstić information content (AvgIpc) is 2.75. The zero-order valence-electron chi connectivity index (χ0n) is 17.2. The summed E-state index contributed by atoms with van der Waals surface area (Å²) in [7, 11) is 1.62. The SMILES string of the molecule is CCOC(=O)c1cnc(-c2ccc(OC)cc2)nc1NCc1cccc(C)c1C. The highest BCUT2D eigenvalue weighted by atomic mass is 16.5. The minimum Gasteiger partial charge on any atom is -0.497 e. The Morgan fingerprint density at radius 1 is 1.10 bits per heavy atom. The minimum absolute atomic E-state index is 0.287. The number of methoxy groups -OCH3 is 1. The van der Waals surface area contributed by atoms with Crippen molar-refractivity contribution < 1.29 is 14.3 Å². The molecule has 150 valence electrons. The molecule has 0 aliphatic rings. The molecule has 0 saturated carbocycles. The number of benzene rings is 2. The quantitative estimate of drug-likeness (QED) is 0.595. The lowest BCUT2D eigenvalue weighted by molar-refractivity contribution is 0.0526. The second-order valence-electron chi connectivity index (χ2n) is 6.62. The highest BCUT2D eigenvalue weighted by Gasteiger charge is 2.17. The van der Waals surface area contributed by atoms with E-state index < -0.39 is 5.97 Å². The molecule has 0 bridgehead atoms. The average molecular weight is 391 g/mol. The Morgan fingerprint density at radius 2 is 1.86 bits per heavy atom. The second kappa shape index (κ2) is 9.19. The van der Waals surface area contributed by atoms with Crippen LogP contribution in [-0.4, -0.2) is 29.7 Å². The Kier molecular flexibility index (Phi) is 6.44. The number of anilines is 1. The van der Waals surface area contributed by atoms with Gasteiger partial charge in [-0.3, -0.25) is 0 Å². The van der Waals surface area contributed by atoms with Crippen molar-refractivity contribution in [1.29, 1.82) is 0 Å². The number of hydrogen-bond acceptors (Lipinski definition) is 6. The van der Waals surface area contributed by atoms with Crippen molar-refractivity contribution >= 4 is 11.8 Å². The molecule has 0 aliphatic carbocycles. The van der Waals surface area contributed by atoms with Crippen LogP contribution in [0.1, 0.15) is 34.0 Å². The lowest BCUT2D eigenvalue weighted by Gasteiger charge is -2.14. The van der Waals surface area contributed by atoms with Gasteiger partial charge in [0.15, 0.2) is 5.82 Å². The van der Waals surface area contributed by atoms with Crippen LogP contribution in [0.3, 0.4) is 0 Å². The molecule has 0 radical (unpaired) electrons. The molecule has 6 heteroatoms. The largest absolute Gasteiger partial charge is 0.497 e. The summed E-state index contributed by atoms with van der Waals surface area (Å²) in [4.78, 5) is 21.3. The summed E-state index contributed by atoms with van der Waals surface area (Å²) in [5.74, 6) is 1.27. The van der Waals surface area contributed by atoms with Gasteiger partial charge in [0, 0.05) is 18.3 Å². The lowest BCUT2D eigenvalue weighted by Crippen LogP contribution is -2.13. The van der Waals surface area contributed by atoms with Gasteiger partial charge >= 0.3 is 5.97 Å². The van der Waals surface area contributed by atoms with Gasteiger partial charge in [-0.05, 0) is 61.7 Å². The molecule has 1 heterocycles. The second-order valence-corrected chi connectivity index (χ2v) is 6.62. The summed E-state index contributed by atoms with van der Waals surface area (Å²) < 4.78 is 10.4. The maximum absolute atomic E-state index is 12.4. The van der Waals surface area contributed by atoms with Gasteiger partial charge in [0.2, 0.25) is 0 Å². The van der Waals surface area contributed by atoms with Crippen LogP contribution in [0.25, 0.3) is 11.4 Å². The van der Waals surface area contributed by atoms with Crippen LogP contribution in [0.15, 0.2) is 48.7 Å². The van der Waals surface area contributed by atoms with E-state index in [0.29, 0.717) is 23.8 Å². The number of nitrogens with one attached hydrogen (secondary N) is 1. The molecule has 0 fully saturated rings. The predicted molar refractivity (Wildman–Crippen MR) is 113 cm³/mol. The summed E-state index contributed by atoms with van der Waals surface area (Å²) in [6.07, 6.45) is 1.51. The van der Waals surface area contributed by atoms with E-state index in [1.807, 2.05) is 30.3 Å². The highest BCUT2D eigenvalue weighted by Crippen LogP contribution is 2.23. The number of carbonyl (C=O) groups excluding carboxylic acids is 1. The van der Waals surface area contributed by atoms with Crippen molar-refractivity contribution in [1.82, 2.24) is 9.97 Å². The topological polar surface area (TPSA) is 73.3 Å². The first-order chi connectivity index (χ1) is 14.0. The van der Waals surface area contributed by atoms with Crippen LogP contribution >= 0.6 is 0 Å². The number of ether oxygens (including phenoxy) is 2. The molecule has 0 atom stereocenters. The summed E-state index contributed by atoms with van der Waals surface area (Å²) >= 11 is 0. The van der Waals surface area contributed by atoms with Crippen molar-refractivity contribution in [3.8, 4) is 17.1 Å². The molecule has 0 aliphatic heterocycles. The maximum atomic E-state index is 12.4. The maximum Gasteiger partial charge on any atom is 0.343 e. The molecule has 3 rings (SSSR count). The molecular formula is C23H25N3O3. The first-order valence-corrected chi connectivity index (χ1v) is 9.51. The summed E-state index contributed by atoms with van der Waals surface area (Å²) in [5.41, 5.74) is 4.72. The van der Waals surface area contributed by atoms with Crippen LogP contribution in [-0.2, 0) is 11.3 Å². The zero-order valence-corrected chi connectivity index (χ0v) is 17.2. The van der Waals surface area contributed by atoms with Gasteiger partial charge in [-0.2, -0.15) is 0 Å². The molecule has 0 saturated heterocycles. The standard InChI is InChI=1S/C23H25N3O3/c1-5-29-23(27)20-14-25-21(17-9-11-19(28-4)12-10-17)26-22(20)24-13-18-8-6-7-15(2)16(18)3/h6-12,14H,5,13H2,1-4H3,(H,24,25,26). The van der Waals surface area contributed by atoms with E-state index in [9.17, 15) is 4.79 Å². The first kappa shape index (κ1) is 20.3. The number of rotatable bonds is 7. The van der Waals surface area contributed by atoms with Crippen molar-refractivity contribution in [2.75, 3.05) is 19.0 Å². The van der Waals surface area contributed by atoms with Gasteiger partial charge in [-0.1, -0.05) is 18.2 Å². The van der Waals surface area contributed by atoms with Crippen LogP contribution in [0.4, 0.5) is 5.82 Å². The third-order valence-corrected chi connectivity index (χ3v) is 4.80. The molecule has 1 N–H and O–H groups in total. The van der Waals surface area contributed by atoms with E-state index in [4.69, 9.17) is 9.47 Å². The van der Waals surface area contributed by atoms with Crippen LogP contribution < -0.4 is 10.1 Å². The summed E-state index contributed by atoms with van der Waals surface area (Å²) in [6.45, 7) is 6.76. The molecular weight excluding hydrogens is 366 g/mol.